The molecule has 0 heterocycles. The molecule has 1 aliphatic carbocycles. The van der Waals surface area contributed by atoms with Crippen molar-refractivity contribution in [3.8, 4) is 0 Å². The summed E-state index contributed by atoms with van der Waals surface area (Å²) >= 11 is 0. The molecular formula is C10H20N2O3. The predicted molar refractivity (Wildman–Crippen MR) is 56.5 cm³/mol. The Balaban J connectivity index is 2.05. The summed E-state index contributed by atoms with van der Waals surface area (Å²) in [5, 5.41) is 3.15. The van der Waals surface area contributed by atoms with E-state index in [4.69, 9.17) is 15.2 Å². The minimum atomic E-state index is -0.347. The van der Waals surface area contributed by atoms with E-state index in [2.05, 4.69) is 5.32 Å². The molecule has 88 valence electrons. The highest BCUT2D eigenvalue weighted by Crippen LogP contribution is 2.19. The lowest BCUT2D eigenvalue weighted by Crippen LogP contribution is -2.45. The van der Waals surface area contributed by atoms with Crippen molar-refractivity contribution in [2.24, 2.45) is 5.73 Å². The molecule has 0 saturated heterocycles. The smallest absolute Gasteiger partial charge is 0.236 e. The third-order valence-corrected chi connectivity index (χ3v) is 2.28. The highest BCUT2D eigenvalue weighted by atomic mass is 16.5. The van der Waals surface area contributed by atoms with E-state index < -0.39 is 0 Å². The Kier molecular flexibility index (Phi) is 5.60. The molecule has 0 aromatic heterocycles. The number of nitrogens with two attached hydrogens (primary N) is 1. The molecule has 1 aliphatic rings. The molecule has 5 heteroatoms. The molecule has 0 bridgehead atoms. The van der Waals surface area contributed by atoms with Gasteiger partial charge in [-0.25, -0.2) is 0 Å². The summed E-state index contributed by atoms with van der Waals surface area (Å²) in [7, 11) is 1.65. The van der Waals surface area contributed by atoms with E-state index in [1.54, 1.807) is 7.11 Å². The number of ether oxygens (including phenoxy) is 2. The standard InChI is InChI=1S/C10H20N2O3/c1-14-5-2-6-15-7-9(10(11)13)12-8-3-4-8/h8-9,12H,2-7H2,1H3,(H2,11,13). The van der Waals surface area contributed by atoms with E-state index in [0.29, 0.717) is 25.9 Å². The summed E-state index contributed by atoms with van der Waals surface area (Å²) in [5.74, 6) is -0.339. The van der Waals surface area contributed by atoms with Gasteiger partial charge in [-0.15, -0.1) is 0 Å². The van der Waals surface area contributed by atoms with Crippen molar-refractivity contribution in [1.82, 2.24) is 5.32 Å². The largest absolute Gasteiger partial charge is 0.385 e. The number of nitrogens with one attached hydrogen (secondary N) is 1. The van der Waals surface area contributed by atoms with Crippen molar-refractivity contribution in [3.63, 3.8) is 0 Å². The maximum absolute atomic E-state index is 11.0. The van der Waals surface area contributed by atoms with Crippen molar-refractivity contribution in [2.45, 2.75) is 31.3 Å². The lowest BCUT2D eigenvalue weighted by atomic mass is 10.3. The SMILES string of the molecule is COCCCOCC(NC1CC1)C(N)=O. The Bertz CT molecular complexity index is 195. The number of hydrogen-bond donors (Lipinski definition) is 2. The van der Waals surface area contributed by atoms with Gasteiger partial charge in [-0.3, -0.25) is 4.79 Å². The van der Waals surface area contributed by atoms with E-state index >= 15 is 0 Å². The van der Waals surface area contributed by atoms with Crippen LogP contribution in [-0.4, -0.2) is 44.9 Å². The summed E-state index contributed by atoms with van der Waals surface area (Å²) in [4.78, 5) is 11.0. The number of methoxy groups -OCH3 is 1. The van der Waals surface area contributed by atoms with Crippen molar-refractivity contribution >= 4 is 5.91 Å². The zero-order valence-electron chi connectivity index (χ0n) is 9.20. The molecule has 0 radical (unpaired) electrons. The molecule has 15 heavy (non-hydrogen) atoms. The maximum Gasteiger partial charge on any atom is 0.236 e. The van der Waals surface area contributed by atoms with E-state index in [-0.39, 0.29) is 11.9 Å². The van der Waals surface area contributed by atoms with Gasteiger partial charge in [0, 0.05) is 26.4 Å². The van der Waals surface area contributed by atoms with Crippen LogP contribution in [0.4, 0.5) is 0 Å². The Morgan fingerprint density at radius 1 is 1.53 bits per heavy atom. The normalized spacial score (nSPS) is 17.7. The number of rotatable bonds is 9. The minimum Gasteiger partial charge on any atom is -0.385 e. The molecule has 1 rings (SSSR count). The fraction of sp³-hybridized carbons (Fsp3) is 0.900. The average Bonchev–Trinajstić information content (AvgIpc) is 2.99. The fourth-order valence-corrected chi connectivity index (χ4v) is 1.25. The van der Waals surface area contributed by atoms with Gasteiger partial charge in [0.05, 0.1) is 6.61 Å². The van der Waals surface area contributed by atoms with Crippen LogP contribution in [0.2, 0.25) is 0 Å². The highest BCUT2D eigenvalue weighted by molar-refractivity contribution is 5.80. The monoisotopic (exact) mass is 216 g/mol. The van der Waals surface area contributed by atoms with Gasteiger partial charge >= 0.3 is 0 Å². The van der Waals surface area contributed by atoms with Crippen molar-refractivity contribution in [1.29, 1.82) is 0 Å². The van der Waals surface area contributed by atoms with Crippen LogP contribution in [0.3, 0.4) is 0 Å². The van der Waals surface area contributed by atoms with Gasteiger partial charge in [0.2, 0.25) is 5.91 Å². The van der Waals surface area contributed by atoms with Gasteiger partial charge in [-0.2, -0.15) is 0 Å². The first-order valence-corrected chi connectivity index (χ1v) is 5.36. The van der Waals surface area contributed by atoms with Gasteiger partial charge < -0.3 is 20.5 Å². The summed E-state index contributed by atoms with van der Waals surface area (Å²) in [5.41, 5.74) is 5.25. The third kappa shape index (κ3) is 5.71. The molecule has 0 spiro atoms. The van der Waals surface area contributed by atoms with Crippen LogP contribution in [0, 0.1) is 0 Å². The van der Waals surface area contributed by atoms with Crippen LogP contribution in [0.5, 0.6) is 0 Å². The van der Waals surface area contributed by atoms with Gasteiger partial charge in [0.15, 0.2) is 0 Å². The van der Waals surface area contributed by atoms with Crippen LogP contribution in [0.25, 0.3) is 0 Å². The van der Waals surface area contributed by atoms with E-state index in [1.807, 2.05) is 0 Å². The fourth-order valence-electron chi connectivity index (χ4n) is 1.25. The Morgan fingerprint density at radius 3 is 2.80 bits per heavy atom. The zero-order valence-corrected chi connectivity index (χ0v) is 9.20. The summed E-state index contributed by atoms with van der Waals surface area (Å²) in [6.45, 7) is 1.64. The van der Waals surface area contributed by atoms with Gasteiger partial charge in [-0.05, 0) is 19.3 Å². The summed E-state index contributed by atoms with van der Waals surface area (Å²) in [6.07, 6.45) is 3.10. The van der Waals surface area contributed by atoms with Gasteiger partial charge in [-0.1, -0.05) is 0 Å². The molecule has 1 atom stereocenters. The predicted octanol–water partition coefficient (Wildman–Crippen LogP) is -0.355. The summed E-state index contributed by atoms with van der Waals surface area (Å²) in [6, 6.07) is 0.116. The average molecular weight is 216 g/mol. The number of carbonyl (C=O) groups excluding carboxylic acids is 1. The maximum atomic E-state index is 11.0. The molecule has 0 aromatic rings. The summed E-state index contributed by atoms with van der Waals surface area (Å²) < 4.78 is 10.2. The topological polar surface area (TPSA) is 73.6 Å². The van der Waals surface area contributed by atoms with Gasteiger partial charge in [0.25, 0.3) is 0 Å². The molecule has 1 fully saturated rings. The van der Waals surface area contributed by atoms with Crippen molar-refractivity contribution in [2.75, 3.05) is 26.9 Å². The first-order valence-electron chi connectivity index (χ1n) is 5.36. The minimum absolute atomic E-state index is 0.339. The molecule has 1 unspecified atom stereocenters. The molecule has 3 N–H and O–H groups in total. The second kappa shape index (κ2) is 6.76. The lowest BCUT2D eigenvalue weighted by molar-refractivity contribution is -0.121. The molecule has 1 saturated carbocycles. The highest BCUT2D eigenvalue weighted by Gasteiger charge is 2.27. The van der Waals surface area contributed by atoms with Gasteiger partial charge in [0.1, 0.15) is 6.04 Å². The van der Waals surface area contributed by atoms with E-state index in [1.165, 1.54) is 0 Å². The van der Waals surface area contributed by atoms with E-state index in [0.717, 1.165) is 19.3 Å². The number of amides is 1. The molecular weight excluding hydrogens is 196 g/mol. The van der Waals surface area contributed by atoms with Crippen molar-refractivity contribution < 1.29 is 14.3 Å². The van der Waals surface area contributed by atoms with Crippen LogP contribution < -0.4 is 11.1 Å². The number of hydrogen-bond acceptors (Lipinski definition) is 4. The van der Waals surface area contributed by atoms with Crippen LogP contribution >= 0.6 is 0 Å². The second-order valence-corrected chi connectivity index (χ2v) is 3.82. The number of primary amides is 1. The molecule has 1 amide bonds. The second-order valence-electron chi connectivity index (χ2n) is 3.82. The van der Waals surface area contributed by atoms with Crippen molar-refractivity contribution in [3.05, 3.63) is 0 Å². The number of carbonyl (C=O) groups is 1. The molecule has 0 aromatic carbocycles. The van der Waals surface area contributed by atoms with Crippen LogP contribution in [-0.2, 0) is 14.3 Å². The van der Waals surface area contributed by atoms with E-state index in [9.17, 15) is 4.79 Å². The Labute approximate surface area is 90.3 Å². The quantitative estimate of drug-likeness (QED) is 0.516. The Morgan fingerprint density at radius 2 is 2.27 bits per heavy atom. The zero-order chi connectivity index (χ0) is 11.1. The lowest BCUT2D eigenvalue weighted by Gasteiger charge is -2.14. The molecule has 0 aliphatic heterocycles. The van der Waals surface area contributed by atoms with Crippen LogP contribution in [0.15, 0.2) is 0 Å². The first-order chi connectivity index (χ1) is 7.24. The first kappa shape index (κ1) is 12.4. The Hall–Kier alpha value is -0.650. The molecule has 5 nitrogen and oxygen atoms in total. The van der Waals surface area contributed by atoms with Crippen LogP contribution in [0.1, 0.15) is 19.3 Å². The third-order valence-electron chi connectivity index (χ3n) is 2.28.